The molecule has 1 saturated carbocycles. The summed E-state index contributed by atoms with van der Waals surface area (Å²) in [5.74, 6) is 1.40. The van der Waals surface area contributed by atoms with Gasteiger partial charge in [-0.1, -0.05) is 12.1 Å². The lowest BCUT2D eigenvalue weighted by Gasteiger charge is -2.27. The molecule has 1 aromatic carbocycles. The van der Waals surface area contributed by atoms with Gasteiger partial charge < -0.3 is 10.5 Å². The predicted molar refractivity (Wildman–Crippen MR) is 66.7 cm³/mol. The van der Waals surface area contributed by atoms with Crippen molar-refractivity contribution in [3.8, 4) is 17.0 Å². The van der Waals surface area contributed by atoms with E-state index >= 15 is 0 Å². The molecule has 4 nitrogen and oxygen atoms in total. The van der Waals surface area contributed by atoms with Gasteiger partial charge in [0.2, 0.25) is 0 Å². The molecule has 0 radical (unpaired) electrons. The van der Waals surface area contributed by atoms with Crippen LogP contribution in [-0.4, -0.2) is 16.3 Å². The first kappa shape index (κ1) is 10.2. The normalized spacial score (nSPS) is 15.5. The van der Waals surface area contributed by atoms with Crippen LogP contribution in [0.3, 0.4) is 0 Å². The first-order valence-corrected chi connectivity index (χ1v) is 5.90. The summed E-state index contributed by atoms with van der Waals surface area (Å²) in [5, 5.41) is 6.86. The summed E-state index contributed by atoms with van der Waals surface area (Å²) in [6.07, 6.45) is 3.94. The van der Waals surface area contributed by atoms with Gasteiger partial charge in [0, 0.05) is 11.6 Å². The van der Waals surface area contributed by atoms with Crippen molar-refractivity contribution in [2.75, 3.05) is 5.73 Å². The summed E-state index contributed by atoms with van der Waals surface area (Å²) in [6, 6.07) is 9.80. The molecule has 4 heteroatoms. The Bertz CT molecular complexity index is 517. The third kappa shape index (κ3) is 1.98. The Kier molecular flexibility index (Phi) is 2.48. The van der Waals surface area contributed by atoms with Gasteiger partial charge in [-0.3, -0.25) is 5.10 Å². The first-order valence-electron chi connectivity index (χ1n) is 5.90. The second kappa shape index (κ2) is 4.13. The predicted octanol–water partition coefficient (Wildman–Crippen LogP) is 2.59. The number of aromatic amines is 1. The van der Waals surface area contributed by atoms with Gasteiger partial charge in [0.25, 0.3) is 0 Å². The molecule has 3 N–H and O–H groups in total. The Labute approximate surface area is 99.8 Å². The molecule has 0 amide bonds. The van der Waals surface area contributed by atoms with Crippen molar-refractivity contribution >= 4 is 5.82 Å². The highest BCUT2D eigenvalue weighted by Gasteiger charge is 2.20. The van der Waals surface area contributed by atoms with Gasteiger partial charge in [0.1, 0.15) is 11.6 Å². The average molecular weight is 229 g/mol. The van der Waals surface area contributed by atoms with Crippen molar-refractivity contribution in [1.82, 2.24) is 10.2 Å². The van der Waals surface area contributed by atoms with Crippen LogP contribution in [0.2, 0.25) is 0 Å². The van der Waals surface area contributed by atoms with E-state index in [1.807, 2.05) is 30.3 Å². The van der Waals surface area contributed by atoms with Gasteiger partial charge in [-0.15, -0.1) is 0 Å². The number of nitrogen functional groups attached to an aromatic ring is 1. The summed E-state index contributed by atoms with van der Waals surface area (Å²) in [7, 11) is 0. The molecule has 2 aromatic rings. The first-order chi connectivity index (χ1) is 8.33. The van der Waals surface area contributed by atoms with Crippen LogP contribution in [-0.2, 0) is 0 Å². The van der Waals surface area contributed by atoms with Crippen LogP contribution in [0.5, 0.6) is 5.75 Å². The maximum atomic E-state index is 5.96. The number of aromatic nitrogens is 2. The van der Waals surface area contributed by atoms with E-state index in [2.05, 4.69) is 10.2 Å². The van der Waals surface area contributed by atoms with E-state index in [0.717, 1.165) is 29.8 Å². The Morgan fingerprint density at radius 3 is 2.76 bits per heavy atom. The average Bonchev–Trinajstić information content (AvgIpc) is 2.71. The fraction of sp³-hybridized carbons (Fsp3) is 0.308. The number of nitrogens with two attached hydrogens (primary N) is 1. The third-order valence-electron chi connectivity index (χ3n) is 3.12. The molecule has 0 aliphatic heterocycles. The molecule has 3 rings (SSSR count). The lowest BCUT2D eigenvalue weighted by Crippen LogP contribution is -2.24. The number of H-pyrrole nitrogens is 1. The van der Waals surface area contributed by atoms with E-state index in [0.29, 0.717) is 11.9 Å². The van der Waals surface area contributed by atoms with E-state index in [4.69, 9.17) is 10.5 Å². The molecule has 88 valence electrons. The smallest absolute Gasteiger partial charge is 0.145 e. The Hall–Kier alpha value is -1.97. The minimum Gasteiger partial charge on any atom is -0.490 e. The van der Waals surface area contributed by atoms with Crippen molar-refractivity contribution < 1.29 is 4.74 Å². The monoisotopic (exact) mass is 229 g/mol. The lowest BCUT2D eigenvalue weighted by atomic mass is 9.96. The number of hydrogen-bond donors (Lipinski definition) is 2. The van der Waals surface area contributed by atoms with E-state index in [1.54, 1.807) is 0 Å². The zero-order valence-electron chi connectivity index (χ0n) is 9.52. The highest BCUT2D eigenvalue weighted by atomic mass is 16.5. The molecule has 1 aromatic heterocycles. The summed E-state index contributed by atoms with van der Waals surface area (Å²) in [6.45, 7) is 0. The minimum absolute atomic E-state index is 0.372. The Morgan fingerprint density at radius 1 is 1.29 bits per heavy atom. The zero-order valence-corrected chi connectivity index (χ0v) is 9.52. The van der Waals surface area contributed by atoms with Crippen molar-refractivity contribution in [1.29, 1.82) is 0 Å². The highest BCUT2D eigenvalue weighted by Crippen LogP contribution is 2.33. The second-order valence-corrected chi connectivity index (χ2v) is 4.37. The number of hydrogen-bond acceptors (Lipinski definition) is 3. The van der Waals surface area contributed by atoms with Gasteiger partial charge >= 0.3 is 0 Å². The molecule has 1 aliphatic carbocycles. The molecule has 1 heterocycles. The van der Waals surface area contributed by atoms with Crippen molar-refractivity contribution in [3.63, 3.8) is 0 Å². The quantitative estimate of drug-likeness (QED) is 0.850. The lowest BCUT2D eigenvalue weighted by molar-refractivity contribution is 0.121. The summed E-state index contributed by atoms with van der Waals surface area (Å²) in [4.78, 5) is 0. The maximum absolute atomic E-state index is 5.96. The van der Waals surface area contributed by atoms with Crippen molar-refractivity contribution in [3.05, 3.63) is 30.3 Å². The van der Waals surface area contributed by atoms with Crippen LogP contribution in [0.4, 0.5) is 5.82 Å². The van der Waals surface area contributed by atoms with Crippen molar-refractivity contribution in [2.24, 2.45) is 0 Å². The molecule has 1 aliphatic rings. The molecular weight excluding hydrogens is 214 g/mol. The molecule has 0 atom stereocenters. The number of ether oxygens (including phenoxy) is 1. The SMILES string of the molecule is Nc1cc(-c2ccccc2OC2CCC2)[nH]n1. The molecular formula is C13H15N3O. The molecule has 0 unspecified atom stereocenters. The topological polar surface area (TPSA) is 63.9 Å². The fourth-order valence-corrected chi connectivity index (χ4v) is 1.94. The number of para-hydroxylation sites is 1. The second-order valence-electron chi connectivity index (χ2n) is 4.37. The van der Waals surface area contributed by atoms with Crippen LogP contribution in [0.15, 0.2) is 30.3 Å². The number of benzene rings is 1. The van der Waals surface area contributed by atoms with Crippen LogP contribution in [0.1, 0.15) is 19.3 Å². The van der Waals surface area contributed by atoms with E-state index in [1.165, 1.54) is 6.42 Å². The summed E-state index contributed by atoms with van der Waals surface area (Å²) < 4.78 is 5.96. The van der Waals surface area contributed by atoms with Crippen LogP contribution >= 0.6 is 0 Å². The Morgan fingerprint density at radius 2 is 2.12 bits per heavy atom. The zero-order chi connectivity index (χ0) is 11.7. The molecule has 0 bridgehead atoms. The van der Waals surface area contributed by atoms with Crippen LogP contribution in [0, 0.1) is 0 Å². The van der Waals surface area contributed by atoms with Crippen LogP contribution < -0.4 is 10.5 Å². The number of nitrogens with one attached hydrogen (secondary N) is 1. The third-order valence-corrected chi connectivity index (χ3v) is 3.12. The van der Waals surface area contributed by atoms with Gasteiger partial charge in [-0.05, 0) is 31.4 Å². The standard InChI is InChI=1S/C13H15N3O/c14-13-8-11(15-16-13)10-6-1-2-7-12(10)17-9-4-3-5-9/h1-2,6-9H,3-5H2,(H3,14,15,16). The van der Waals surface area contributed by atoms with Crippen LogP contribution in [0.25, 0.3) is 11.3 Å². The largest absolute Gasteiger partial charge is 0.490 e. The molecule has 17 heavy (non-hydrogen) atoms. The molecule has 0 spiro atoms. The van der Waals surface area contributed by atoms with Gasteiger partial charge in [-0.25, -0.2) is 0 Å². The number of rotatable bonds is 3. The van der Waals surface area contributed by atoms with E-state index in [9.17, 15) is 0 Å². The van der Waals surface area contributed by atoms with Crippen molar-refractivity contribution in [2.45, 2.75) is 25.4 Å². The van der Waals surface area contributed by atoms with Gasteiger partial charge in [0.15, 0.2) is 0 Å². The summed E-state index contributed by atoms with van der Waals surface area (Å²) in [5.41, 5.74) is 7.54. The maximum Gasteiger partial charge on any atom is 0.145 e. The van der Waals surface area contributed by atoms with E-state index in [-0.39, 0.29) is 0 Å². The fourth-order valence-electron chi connectivity index (χ4n) is 1.94. The molecule has 0 saturated heterocycles. The van der Waals surface area contributed by atoms with Gasteiger partial charge in [0.05, 0.1) is 11.8 Å². The van der Waals surface area contributed by atoms with E-state index < -0.39 is 0 Å². The number of anilines is 1. The summed E-state index contributed by atoms with van der Waals surface area (Å²) >= 11 is 0. The van der Waals surface area contributed by atoms with Gasteiger partial charge in [-0.2, -0.15) is 5.10 Å². The highest BCUT2D eigenvalue weighted by molar-refractivity contribution is 5.68. The molecule has 1 fully saturated rings. The Balaban J connectivity index is 1.92. The minimum atomic E-state index is 0.372. The number of nitrogens with zero attached hydrogens (tertiary/aromatic N) is 1.